The van der Waals surface area contributed by atoms with Gasteiger partial charge in [0.15, 0.2) is 0 Å². The number of hydrogen-bond acceptors (Lipinski definition) is 14. The van der Waals surface area contributed by atoms with E-state index >= 15 is 0 Å². The average molecular weight is 1970 g/mol. The van der Waals surface area contributed by atoms with Crippen molar-refractivity contribution < 1.29 is 29.0 Å². The SMILES string of the molecule is CCC(C)(C)C1CCN(C(=O)c2ccc(Cl)c(Cc3nc4c(C)cc(C#N)cc4n3C)c2Cl)CC1.CCC1CCN(C(=O)c2ccc(Cl)c(Cc3nc4c(C)cc(C#N)cc4n3C)c2Cl)CC1.COCC1CCN(C(=O)c2ccc(Cl)c(Cc3nc4c(C)cc(C#N)cc4n3C)c2Cl)CC1.Cc1cc(C#N)cc2c1nc(Cc1c(Cl)ccc(C(=O)N3CCC(C(C)(C)O)CC3)c1Cl)n2C. The van der Waals surface area contributed by atoms with Gasteiger partial charge in [0.2, 0.25) is 0 Å². The Morgan fingerprint density at radius 1 is 0.388 bits per heavy atom. The highest BCUT2D eigenvalue weighted by atomic mass is 35.5. The van der Waals surface area contributed by atoms with Gasteiger partial charge in [-0.25, -0.2) is 19.9 Å². The fraction of sp³-hybridized carbons (Fsp3) is 0.423. The quantitative estimate of drug-likeness (QED) is 0.0836. The number of methoxy groups -OCH3 is 1. The number of piperidine rings is 4. The van der Waals surface area contributed by atoms with Crippen LogP contribution in [0.1, 0.15) is 237 Å². The van der Waals surface area contributed by atoms with Crippen molar-refractivity contribution in [3.63, 3.8) is 0 Å². The molecule has 0 radical (unpaired) electrons. The minimum absolute atomic E-state index is 0.0398. The molecule has 4 saturated heterocycles. The topological polar surface area (TPSA) is 277 Å². The third kappa shape index (κ3) is 21.7. The molecule has 30 heteroatoms. The number of rotatable bonds is 18. The molecule has 4 amide bonds. The zero-order chi connectivity index (χ0) is 97.0. The average Bonchev–Trinajstić information content (AvgIpc) is 1.69. The van der Waals surface area contributed by atoms with Crippen molar-refractivity contribution >= 4 is 161 Å². The zero-order valence-electron chi connectivity index (χ0n) is 78.5. The molecule has 0 saturated carbocycles. The van der Waals surface area contributed by atoms with Gasteiger partial charge in [-0.3, -0.25) is 19.2 Å². The lowest BCUT2D eigenvalue weighted by Gasteiger charge is -2.40. The van der Waals surface area contributed by atoms with E-state index in [1.807, 2.05) is 151 Å². The first-order chi connectivity index (χ1) is 63.7. The number of carbonyl (C=O) groups is 4. The third-order valence-electron chi connectivity index (χ3n) is 28.0. The van der Waals surface area contributed by atoms with E-state index < -0.39 is 5.60 Å². The number of aromatic nitrogens is 8. The molecule has 4 aliphatic rings. The van der Waals surface area contributed by atoms with E-state index in [1.165, 1.54) is 0 Å². The Morgan fingerprint density at radius 2 is 0.627 bits per heavy atom. The molecule has 0 unspecified atom stereocenters. The molecule has 8 heterocycles. The van der Waals surface area contributed by atoms with Gasteiger partial charge < -0.3 is 47.7 Å². The molecule has 0 atom stereocenters. The van der Waals surface area contributed by atoms with Crippen molar-refractivity contribution in [3.05, 3.63) is 250 Å². The van der Waals surface area contributed by atoms with Crippen LogP contribution in [0.15, 0.2) is 97.1 Å². The van der Waals surface area contributed by atoms with Crippen molar-refractivity contribution in [1.29, 1.82) is 21.0 Å². The van der Waals surface area contributed by atoms with Crippen LogP contribution in [-0.4, -0.2) is 158 Å². The monoisotopic (exact) mass is 1960 g/mol. The van der Waals surface area contributed by atoms with E-state index in [2.05, 4.69) is 52.0 Å². The van der Waals surface area contributed by atoms with Crippen LogP contribution >= 0.6 is 92.8 Å². The number of benzene rings is 8. The summed E-state index contributed by atoms with van der Waals surface area (Å²) < 4.78 is 13.1. The summed E-state index contributed by atoms with van der Waals surface area (Å²) in [7, 11) is 9.35. The van der Waals surface area contributed by atoms with E-state index in [0.29, 0.717) is 177 Å². The minimum Gasteiger partial charge on any atom is -0.390 e. The molecule has 700 valence electrons. The van der Waals surface area contributed by atoms with E-state index in [4.69, 9.17) is 117 Å². The molecule has 0 aliphatic carbocycles. The van der Waals surface area contributed by atoms with Gasteiger partial charge in [0, 0.05) is 140 Å². The summed E-state index contributed by atoms with van der Waals surface area (Å²) >= 11 is 53.2. The zero-order valence-corrected chi connectivity index (χ0v) is 84.5. The standard InChI is InChI=1S/C28H32Cl2N4O.C26H28Cl2N4O2.C25H26Cl2N4O2.C25H26Cl2N4O/c1-6-28(3,4)19-9-11-34(12-10-19)27(35)20-7-8-22(29)21(25(20)30)15-24-32-26-17(2)13-18(16-31)14-23(26)33(24)5;1-15-11-16(14-29)12-21-24(15)30-22(31(21)4)13-19-20(27)6-5-18(23(19)28)25(33)32-9-7-17(8-10-32)26(2,3)34;1-15-10-17(13-28)11-21-24(15)29-22(30(21)2)12-19-20(26)5-4-18(23(19)27)25(32)31-8-6-16(7-9-31)14-33-3;1-4-16-7-9-31(10-8-16)25(32)18-5-6-20(26)19(23(18)27)13-22-29-24-15(2)11-17(14-28)12-21(24)30(22)3/h7-8,13-14,19H,6,9-12,15H2,1-5H3;5-6,11-12,17,34H,7-10,13H2,1-4H3;4-5,10-11,16H,6-9,12,14H2,1-3H3;5-6,11-12,16H,4,7-10,13H2,1-3H3. The number of nitrogens with zero attached hydrogens (tertiary/aromatic N) is 16. The van der Waals surface area contributed by atoms with Crippen LogP contribution in [0.25, 0.3) is 44.1 Å². The van der Waals surface area contributed by atoms with Gasteiger partial charge in [-0.05, 0) is 264 Å². The van der Waals surface area contributed by atoms with Crippen molar-refractivity contribution in [2.24, 2.45) is 57.3 Å². The normalized spacial score (nSPS) is 14.8. The van der Waals surface area contributed by atoms with Crippen LogP contribution in [0.2, 0.25) is 40.2 Å². The summed E-state index contributed by atoms with van der Waals surface area (Å²) in [4.78, 5) is 79.8. The number of aliphatic hydroxyl groups is 1. The first-order valence-electron chi connectivity index (χ1n) is 45.5. The summed E-state index contributed by atoms with van der Waals surface area (Å²) in [6.07, 6.45) is 11.2. The molecule has 0 spiro atoms. The number of imidazole rings is 4. The van der Waals surface area contributed by atoms with Gasteiger partial charge in [-0.2, -0.15) is 21.0 Å². The molecule has 16 rings (SSSR count). The van der Waals surface area contributed by atoms with Crippen LogP contribution in [-0.2, 0) is 58.6 Å². The smallest absolute Gasteiger partial charge is 0.255 e. The predicted molar refractivity (Wildman–Crippen MR) is 535 cm³/mol. The maximum absolute atomic E-state index is 13.4. The van der Waals surface area contributed by atoms with E-state index in [1.54, 1.807) is 60.5 Å². The molecule has 4 fully saturated rings. The molecule has 4 aromatic heterocycles. The van der Waals surface area contributed by atoms with Gasteiger partial charge in [0.25, 0.3) is 23.6 Å². The molecule has 12 aromatic rings. The number of ether oxygens (including phenoxy) is 1. The lowest BCUT2D eigenvalue weighted by molar-refractivity contribution is -0.0108. The first-order valence-corrected chi connectivity index (χ1v) is 48.5. The van der Waals surface area contributed by atoms with E-state index in [-0.39, 0.29) is 35.0 Å². The van der Waals surface area contributed by atoms with Crippen LogP contribution in [0.3, 0.4) is 0 Å². The van der Waals surface area contributed by atoms with Crippen LogP contribution in [0.5, 0.6) is 0 Å². The molecule has 1 N–H and O–H groups in total. The highest BCUT2D eigenvalue weighted by Crippen LogP contribution is 2.43. The molecule has 8 aromatic carbocycles. The number of likely N-dealkylation sites (tertiary alicyclic amines) is 4. The van der Waals surface area contributed by atoms with Crippen LogP contribution in [0.4, 0.5) is 0 Å². The van der Waals surface area contributed by atoms with Gasteiger partial charge >= 0.3 is 0 Å². The number of hydrogen-bond donors (Lipinski definition) is 1. The number of amides is 4. The molecule has 0 bridgehead atoms. The summed E-state index contributed by atoms with van der Waals surface area (Å²) in [6.45, 7) is 26.7. The summed E-state index contributed by atoms with van der Waals surface area (Å²) in [6, 6.07) is 37.2. The summed E-state index contributed by atoms with van der Waals surface area (Å²) in [5, 5.41) is 51.0. The maximum Gasteiger partial charge on any atom is 0.255 e. The second kappa shape index (κ2) is 43.0. The number of nitriles is 4. The van der Waals surface area contributed by atoms with Crippen molar-refractivity contribution in [3.8, 4) is 24.3 Å². The Labute approximate surface area is 824 Å². The number of carbonyl (C=O) groups excluding carboxylic acids is 4. The second-order valence-electron chi connectivity index (χ2n) is 37.2. The van der Waals surface area contributed by atoms with Crippen LogP contribution < -0.4 is 0 Å². The maximum atomic E-state index is 13.4. The van der Waals surface area contributed by atoms with Crippen molar-refractivity contribution in [1.82, 2.24) is 57.8 Å². The second-order valence-corrected chi connectivity index (χ2v) is 40.3. The summed E-state index contributed by atoms with van der Waals surface area (Å²) in [5.74, 6) is 4.72. The molecule has 134 heavy (non-hydrogen) atoms. The number of fused-ring (bicyclic) bond motifs is 4. The van der Waals surface area contributed by atoms with Gasteiger partial charge in [-0.1, -0.05) is 133 Å². The highest BCUT2D eigenvalue weighted by Gasteiger charge is 2.37. The minimum atomic E-state index is -0.752. The van der Waals surface area contributed by atoms with Crippen molar-refractivity contribution in [2.45, 2.75) is 165 Å². The Morgan fingerprint density at radius 3 is 0.851 bits per heavy atom. The van der Waals surface area contributed by atoms with E-state index in [9.17, 15) is 45.3 Å². The lowest BCUT2D eigenvalue weighted by Crippen LogP contribution is -2.44. The fourth-order valence-electron chi connectivity index (χ4n) is 18.9. The molecular formula is C104H112Cl8N16O6. The fourth-order valence-corrected chi connectivity index (χ4v) is 21.3. The first kappa shape index (κ1) is 101. The van der Waals surface area contributed by atoms with Gasteiger partial charge in [0.05, 0.1) is 139 Å². The summed E-state index contributed by atoms with van der Waals surface area (Å²) in [5.41, 5.74) is 17.1. The van der Waals surface area contributed by atoms with Crippen LogP contribution in [0, 0.1) is 102 Å². The van der Waals surface area contributed by atoms with E-state index in [0.717, 1.165) is 187 Å². The van der Waals surface area contributed by atoms with Gasteiger partial charge in [-0.15, -0.1) is 0 Å². The lowest BCUT2D eigenvalue weighted by atomic mass is 9.72. The van der Waals surface area contributed by atoms with Crippen molar-refractivity contribution in [2.75, 3.05) is 66.1 Å². The number of aryl methyl sites for hydroxylation is 8. The largest absolute Gasteiger partial charge is 0.390 e. The Hall–Kier alpha value is -10.3. The molecule has 22 nitrogen and oxygen atoms in total. The third-order valence-corrected chi connectivity index (χ3v) is 31.1. The Kier molecular flexibility index (Phi) is 32.4. The Bertz CT molecular complexity index is 6720. The molecular weight excluding hydrogens is 1850 g/mol. The van der Waals surface area contributed by atoms with Gasteiger partial charge in [0.1, 0.15) is 23.3 Å². The predicted octanol–water partition coefficient (Wildman–Crippen LogP) is 23.3. The number of halogens is 8. The highest BCUT2D eigenvalue weighted by molar-refractivity contribution is 6.40. The molecule has 4 aliphatic heterocycles. The Balaban J connectivity index is 0.000000152.